The summed E-state index contributed by atoms with van der Waals surface area (Å²) in [5.74, 6) is 0.242. The minimum atomic E-state index is -0.956. The number of halogens is 1. The predicted octanol–water partition coefficient (Wildman–Crippen LogP) is 2.39. The molecule has 0 aromatic heterocycles. The molecular formula is C11H10ClNO2S. The van der Waals surface area contributed by atoms with E-state index in [0.717, 1.165) is 17.3 Å². The van der Waals surface area contributed by atoms with Gasteiger partial charge in [-0.05, 0) is 11.8 Å². The monoisotopic (exact) mass is 255 g/mol. The lowest BCUT2D eigenvalue weighted by molar-refractivity contribution is -0.111. The molecule has 0 aliphatic carbocycles. The van der Waals surface area contributed by atoms with Crippen LogP contribution in [0.1, 0.15) is 5.56 Å². The molecule has 3 nitrogen and oxygen atoms in total. The number of benzene rings is 1. The lowest BCUT2D eigenvalue weighted by Gasteiger charge is -2.17. The molecule has 2 rings (SSSR count). The van der Waals surface area contributed by atoms with Gasteiger partial charge in [0.25, 0.3) is 5.12 Å². The second kappa shape index (κ2) is 4.49. The van der Waals surface area contributed by atoms with E-state index in [1.807, 2.05) is 30.3 Å². The summed E-state index contributed by atoms with van der Waals surface area (Å²) < 4.78 is 0. The molecule has 1 aromatic rings. The first kappa shape index (κ1) is 11.5. The molecule has 1 unspecified atom stereocenters. The Balaban J connectivity index is 2.29. The van der Waals surface area contributed by atoms with Gasteiger partial charge in [-0.3, -0.25) is 4.79 Å². The molecule has 0 amide bonds. The van der Waals surface area contributed by atoms with E-state index >= 15 is 0 Å². The summed E-state index contributed by atoms with van der Waals surface area (Å²) >= 11 is 7.41. The average Bonchev–Trinajstić information content (AvgIpc) is 2.73. The number of carbonyl (C=O) groups excluding carboxylic acids is 1. The van der Waals surface area contributed by atoms with Gasteiger partial charge < -0.3 is 4.84 Å². The number of hydroxylamine groups is 1. The van der Waals surface area contributed by atoms with E-state index in [9.17, 15) is 4.79 Å². The number of carbonyl (C=O) groups is 1. The average molecular weight is 256 g/mol. The van der Waals surface area contributed by atoms with Gasteiger partial charge in [-0.25, -0.2) is 0 Å². The summed E-state index contributed by atoms with van der Waals surface area (Å²) in [6.45, 7) is 0. The van der Waals surface area contributed by atoms with Crippen molar-refractivity contribution < 1.29 is 9.63 Å². The number of hydrogen-bond acceptors (Lipinski definition) is 4. The van der Waals surface area contributed by atoms with Crippen LogP contribution >= 0.6 is 23.4 Å². The fourth-order valence-corrected chi connectivity index (χ4v) is 1.96. The molecule has 1 heterocycles. The van der Waals surface area contributed by atoms with E-state index in [-0.39, 0.29) is 10.9 Å². The Hall–Kier alpha value is -0.970. The lowest BCUT2D eigenvalue weighted by atomic mass is 10.1. The molecule has 1 aromatic carbocycles. The van der Waals surface area contributed by atoms with Crippen LogP contribution in [0.3, 0.4) is 0 Å². The standard InChI is InChI=1S/C11H10ClNO2S/c1-16-10(14)9-7-11(12,13-15-9)8-5-3-2-4-6-8/h2-7,13H,1H3. The third kappa shape index (κ3) is 2.09. The molecule has 1 aliphatic heterocycles. The molecule has 1 aliphatic rings. The van der Waals surface area contributed by atoms with Crippen molar-refractivity contribution in [3.8, 4) is 0 Å². The largest absolute Gasteiger partial charge is 0.402 e. The van der Waals surface area contributed by atoms with Crippen molar-refractivity contribution in [2.75, 3.05) is 6.26 Å². The van der Waals surface area contributed by atoms with Gasteiger partial charge in [-0.15, -0.1) is 5.48 Å². The first-order valence-corrected chi connectivity index (χ1v) is 6.25. The second-order valence-electron chi connectivity index (χ2n) is 3.28. The van der Waals surface area contributed by atoms with Crippen LogP contribution < -0.4 is 5.48 Å². The summed E-state index contributed by atoms with van der Waals surface area (Å²) in [6.07, 6.45) is 3.28. The van der Waals surface area contributed by atoms with Crippen LogP contribution in [0.2, 0.25) is 0 Å². The highest BCUT2D eigenvalue weighted by molar-refractivity contribution is 8.13. The van der Waals surface area contributed by atoms with Crippen molar-refractivity contribution in [3.05, 3.63) is 47.7 Å². The third-order valence-electron chi connectivity index (χ3n) is 2.22. The molecule has 0 spiro atoms. The van der Waals surface area contributed by atoms with Crippen molar-refractivity contribution in [1.29, 1.82) is 0 Å². The van der Waals surface area contributed by atoms with E-state index in [1.165, 1.54) is 0 Å². The maximum absolute atomic E-state index is 11.4. The van der Waals surface area contributed by atoms with Gasteiger partial charge in [-0.1, -0.05) is 53.7 Å². The minimum absolute atomic E-state index is 0.147. The highest BCUT2D eigenvalue weighted by atomic mass is 35.5. The zero-order chi connectivity index (χ0) is 11.6. The minimum Gasteiger partial charge on any atom is -0.402 e. The van der Waals surface area contributed by atoms with Gasteiger partial charge in [0.1, 0.15) is 0 Å². The Labute approximate surface area is 103 Å². The highest BCUT2D eigenvalue weighted by Gasteiger charge is 2.36. The SMILES string of the molecule is CSC(=O)C1=CC(Cl)(c2ccccc2)NO1. The Morgan fingerprint density at radius 2 is 2.12 bits per heavy atom. The maximum Gasteiger partial charge on any atom is 0.256 e. The topological polar surface area (TPSA) is 38.3 Å². The van der Waals surface area contributed by atoms with Crippen molar-refractivity contribution in [3.63, 3.8) is 0 Å². The second-order valence-corrected chi connectivity index (χ2v) is 4.66. The number of thioether (sulfide) groups is 1. The van der Waals surface area contributed by atoms with Crippen LogP contribution in [0.15, 0.2) is 42.2 Å². The van der Waals surface area contributed by atoms with Crippen molar-refractivity contribution in [2.24, 2.45) is 0 Å². The molecule has 84 valence electrons. The van der Waals surface area contributed by atoms with E-state index in [2.05, 4.69) is 5.48 Å². The first-order chi connectivity index (χ1) is 7.65. The Kier molecular flexibility index (Phi) is 3.23. The molecule has 16 heavy (non-hydrogen) atoms. The Morgan fingerprint density at radius 1 is 1.44 bits per heavy atom. The molecule has 0 radical (unpaired) electrons. The van der Waals surface area contributed by atoms with E-state index < -0.39 is 5.00 Å². The fourth-order valence-electron chi connectivity index (χ4n) is 1.39. The molecule has 0 saturated carbocycles. The maximum atomic E-state index is 11.4. The quantitative estimate of drug-likeness (QED) is 0.651. The summed E-state index contributed by atoms with van der Waals surface area (Å²) in [5, 5.41) is -0.147. The predicted molar refractivity (Wildman–Crippen MR) is 64.8 cm³/mol. The van der Waals surface area contributed by atoms with Crippen molar-refractivity contribution in [1.82, 2.24) is 5.48 Å². The van der Waals surface area contributed by atoms with Gasteiger partial charge in [0, 0.05) is 6.08 Å². The van der Waals surface area contributed by atoms with Gasteiger partial charge in [0.15, 0.2) is 5.00 Å². The van der Waals surface area contributed by atoms with E-state index in [0.29, 0.717) is 0 Å². The van der Waals surface area contributed by atoms with Gasteiger partial charge >= 0.3 is 0 Å². The normalized spacial score (nSPS) is 23.8. The van der Waals surface area contributed by atoms with Gasteiger partial charge in [0.05, 0.1) is 0 Å². The first-order valence-electron chi connectivity index (χ1n) is 4.65. The summed E-state index contributed by atoms with van der Waals surface area (Å²) in [6, 6.07) is 9.39. The lowest BCUT2D eigenvalue weighted by Crippen LogP contribution is -2.29. The van der Waals surface area contributed by atoms with Gasteiger partial charge in [-0.2, -0.15) is 0 Å². The van der Waals surface area contributed by atoms with Crippen LogP contribution in [0.25, 0.3) is 0 Å². The Morgan fingerprint density at radius 3 is 2.75 bits per heavy atom. The molecule has 0 fully saturated rings. The number of alkyl halides is 1. The van der Waals surface area contributed by atoms with Crippen molar-refractivity contribution >= 4 is 28.5 Å². The van der Waals surface area contributed by atoms with Crippen LogP contribution in [-0.4, -0.2) is 11.4 Å². The highest BCUT2D eigenvalue weighted by Crippen LogP contribution is 2.34. The summed E-state index contributed by atoms with van der Waals surface area (Å²) in [5.41, 5.74) is 3.49. The molecule has 1 N–H and O–H groups in total. The fraction of sp³-hybridized carbons (Fsp3) is 0.182. The molecule has 1 atom stereocenters. The zero-order valence-electron chi connectivity index (χ0n) is 8.57. The number of hydrogen-bond donors (Lipinski definition) is 1. The van der Waals surface area contributed by atoms with Crippen LogP contribution in [0.4, 0.5) is 0 Å². The van der Waals surface area contributed by atoms with E-state index in [1.54, 1.807) is 12.3 Å². The smallest absolute Gasteiger partial charge is 0.256 e. The zero-order valence-corrected chi connectivity index (χ0v) is 10.1. The van der Waals surface area contributed by atoms with E-state index in [4.69, 9.17) is 16.4 Å². The Bertz CT molecular complexity index is 435. The number of nitrogens with one attached hydrogen (secondary N) is 1. The van der Waals surface area contributed by atoms with Crippen LogP contribution in [-0.2, 0) is 14.6 Å². The molecule has 0 saturated heterocycles. The van der Waals surface area contributed by atoms with Crippen molar-refractivity contribution in [2.45, 2.75) is 5.00 Å². The summed E-state index contributed by atoms with van der Waals surface area (Å²) in [4.78, 5) is 15.5. The summed E-state index contributed by atoms with van der Waals surface area (Å²) in [7, 11) is 0. The molecular weight excluding hydrogens is 246 g/mol. The van der Waals surface area contributed by atoms with Crippen LogP contribution in [0.5, 0.6) is 0 Å². The molecule has 0 bridgehead atoms. The third-order valence-corrected chi connectivity index (χ3v) is 3.20. The molecule has 5 heteroatoms. The van der Waals surface area contributed by atoms with Crippen LogP contribution in [0, 0.1) is 0 Å². The number of rotatable bonds is 2. The van der Waals surface area contributed by atoms with Gasteiger partial charge in [0.2, 0.25) is 5.76 Å².